The molecule has 0 amide bonds. The number of benzene rings is 1. The van der Waals surface area contributed by atoms with Crippen LogP contribution in [0.4, 0.5) is 0 Å². The molecule has 1 saturated heterocycles. The second-order valence-electron chi connectivity index (χ2n) is 7.24. The number of morpholine rings is 1. The molecule has 0 saturated carbocycles. The minimum Gasteiger partial charge on any atom is -0.494 e. The number of aliphatic imine (C=N–C) groups is 1. The highest BCUT2D eigenvalue weighted by atomic mass is 127. The van der Waals surface area contributed by atoms with Gasteiger partial charge in [0.2, 0.25) is 0 Å². The Morgan fingerprint density at radius 2 is 1.96 bits per heavy atom. The van der Waals surface area contributed by atoms with Crippen LogP contribution in [0.3, 0.4) is 0 Å². The van der Waals surface area contributed by atoms with Gasteiger partial charge in [-0.15, -0.1) is 24.0 Å². The Morgan fingerprint density at radius 1 is 1.26 bits per heavy atom. The summed E-state index contributed by atoms with van der Waals surface area (Å²) >= 11 is 0. The molecule has 1 aromatic carbocycles. The number of halogens is 1. The number of guanidine groups is 1. The maximum absolute atomic E-state index is 5.76. The molecule has 27 heavy (non-hydrogen) atoms. The van der Waals surface area contributed by atoms with Gasteiger partial charge in [0.1, 0.15) is 5.75 Å². The minimum absolute atomic E-state index is 0. The molecule has 2 rings (SSSR count). The van der Waals surface area contributed by atoms with Crippen molar-refractivity contribution in [3.8, 4) is 5.75 Å². The van der Waals surface area contributed by atoms with Crippen LogP contribution in [-0.4, -0.2) is 62.9 Å². The molecule has 1 heterocycles. The van der Waals surface area contributed by atoms with Gasteiger partial charge in [-0.05, 0) is 39.3 Å². The van der Waals surface area contributed by atoms with Crippen molar-refractivity contribution in [3.05, 3.63) is 29.3 Å². The maximum atomic E-state index is 5.76. The topological polar surface area (TPSA) is 58.1 Å². The van der Waals surface area contributed by atoms with Crippen LogP contribution < -0.4 is 15.4 Å². The van der Waals surface area contributed by atoms with Gasteiger partial charge >= 0.3 is 0 Å². The molecule has 6 nitrogen and oxygen atoms in total. The number of hydrogen-bond acceptors (Lipinski definition) is 4. The number of rotatable bonds is 7. The lowest BCUT2D eigenvalue weighted by Gasteiger charge is -2.41. The third-order valence-corrected chi connectivity index (χ3v) is 4.75. The highest BCUT2D eigenvalue weighted by molar-refractivity contribution is 14.0. The molecule has 0 spiro atoms. The van der Waals surface area contributed by atoms with Crippen molar-refractivity contribution < 1.29 is 9.47 Å². The third kappa shape index (κ3) is 7.46. The summed E-state index contributed by atoms with van der Waals surface area (Å²) in [5.74, 6) is 1.73. The fourth-order valence-electron chi connectivity index (χ4n) is 3.08. The van der Waals surface area contributed by atoms with Crippen molar-refractivity contribution in [3.63, 3.8) is 0 Å². The van der Waals surface area contributed by atoms with Crippen molar-refractivity contribution in [1.29, 1.82) is 0 Å². The zero-order valence-corrected chi connectivity index (χ0v) is 19.6. The average Bonchev–Trinajstić information content (AvgIpc) is 2.64. The van der Waals surface area contributed by atoms with E-state index in [2.05, 4.69) is 59.5 Å². The van der Waals surface area contributed by atoms with Gasteiger partial charge in [0, 0.05) is 44.3 Å². The first-order chi connectivity index (χ1) is 12.5. The zero-order valence-electron chi connectivity index (χ0n) is 17.3. The molecule has 0 radical (unpaired) electrons. The van der Waals surface area contributed by atoms with Crippen LogP contribution in [0.25, 0.3) is 0 Å². The molecule has 0 aromatic heterocycles. The predicted octanol–water partition coefficient (Wildman–Crippen LogP) is 2.79. The van der Waals surface area contributed by atoms with Crippen LogP contribution in [-0.2, 0) is 11.3 Å². The van der Waals surface area contributed by atoms with Crippen molar-refractivity contribution in [2.45, 2.75) is 39.8 Å². The Bertz CT molecular complexity index is 602. The fraction of sp³-hybridized carbons (Fsp3) is 0.650. The highest BCUT2D eigenvalue weighted by Gasteiger charge is 2.28. The summed E-state index contributed by atoms with van der Waals surface area (Å²) in [6.07, 6.45) is 0. The summed E-state index contributed by atoms with van der Waals surface area (Å²) in [7, 11) is 1.80. The first-order valence-corrected chi connectivity index (χ1v) is 9.46. The summed E-state index contributed by atoms with van der Waals surface area (Å²) in [5, 5.41) is 6.85. The maximum Gasteiger partial charge on any atom is 0.191 e. The van der Waals surface area contributed by atoms with Crippen molar-refractivity contribution >= 4 is 29.9 Å². The summed E-state index contributed by atoms with van der Waals surface area (Å²) in [6.45, 7) is 14.3. The van der Waals surface area contributed by atoms with E-state index in [1.54, 1.807) is 7.05 Å². The standard InChI is InChI=1S/C20H34N4O2.HI/c1-6-26-18-13-16(2)7-8-17(18)14-22-19(21-5)23-15-20(3,4)24-9-11-25-12-10-24;/h7-8,13H,6,9-12,14-15H2,1-5H3,(H2,21,22,23);1H. The predicted molar refractivity (Wildman–Crippen MR) is 122 cm³/mol. The lowest BCUT2D eigenvalue weighted by Crippen LogP contribution is -2.56. The van der Waals surface area contributed by atoms with Crippen LogP contribution >= 0.6 is 24.0 Å². The second kappa shape index (κ2) is 11.7. The molecular weight excluding hydrogens is 455 g/mol. The first kappa shape index (κ1) is 24.0. The van der Waals surface area contributed by atoms with Crippen molar-refractivity contribution in [2.75, 3.05) is 46.5 Å². The van der Waals surface area contributed by atoms with E-state index in [9.17, 15) is 0 Å². The lowest BCUT2D eigenvalue weighted by atomic mass is 10.0. The Hall–Kier alpha value is -1.06. The van der Waals surface area contributed by atoms with Gasteiger partial charge in [-0.25, -0.2) is 0 Å². The molecule has 1 fully saturated rings. The summed E-state index contributed by atoms with van der Waals surface area (Å²) in [5.41, 5.74) is 2.38. The minimum atomic E-state index is 0. The average molecular weight is 490 g/mol. The van der Waals surface area contributed by atoms with E-state index in [1.165, 1.54) is 5.56 Å². The van der Waals surface area contributed by atoms with Crippen molar-refractivity contribution in [1.82, 2.24) is 15.5 Å². The summed E-state index contributed by atoms with van der Waals surface area (Å²) < 4.78 is 11.2. The van der Waals surface area contributed by atoms with Crippen LogP contribution in [0, 0.1) is 6.92 Å². The largest absolute Gasteiger partial charge is 0.494 e. The normalized spacial score (nSPS) is 15.8. The number of nitrogens with zero attached hydrogens (tertiary/aromatic N) is 2. The Labute approximate surface area is 181 Å². The highest BCUT2D eigenvalue weighted by Crippen LogP contribution is 2.20. The van der Waals surface area contributed by atoms with Gasteiger partial charge in [-0.1, -0.05) is 12.1 Å². The number of aryl methyl sites for hydroxylation is 1. The summed E-state index contributed by atoms with van der Waals surface area (Å²) in [6, 6.07) is 6.30. The molecule has 1 aromatic rings. The molecule has 1 aliphatic rings. The van der Waals surface area contributed by atoms with Crippen LogP contribution in [0.15, 0.2) is 23.2 Å². The van der Waals surface area contributed by atoms with E-state index in [4.69, 9.17) is 9.47 Å². The molecule has 154 valence electrons. The molecule has 7 heteroatoms. The Balaban J connectivity index is 0.00000364. The van der Waals surface area contributed by atoms with E-state index in [-0.39, 0.29) is 29.5 Å². The molecule has 2 N–H and O–H groups in total. The van der Waals surface area contributed by atoms with Crippen LogP contribution in [0.2, 0.25) is 0 Å². The molecule has 0 bridgehead atoms. The molecular formula is C20H35IN4O2. The summed E-state index contributed by atoms with van der Waals surface area (Å²) in [4.78, 5) is 6.82. The van der Waals surface area contributed by atoms with Gasteiger partial charge in [-0.2, -0.15) is 0 Å². The monoisotopic (exact) mass is 490 g/mol. The smallest absolute Gasteiger partial charge is 0.191 e. The molecule has 0 unspecified atom stereocenters. The van der Waals surface area contributed by atoms with Gasteiger partial charge in [0.05, 0.1) is 19.8 Å². The van der Waals surface area contributed by atoms with Gasteiger partial charge in [-0.3, -0.25) is 9.89 Å². The molecule has 0 atom stereocenters. The van der Waals surface area contributed by atoms with E-state index in [0.717, 1.165) is 50.1 Å². The Kier molecular flexibility index (Phi) is 10.4. The first-order valence-electron chi connectivity index (χ1n) is 9.46. The zero-order chi connectivity index (χ0) is 19.0. The second-order valence-corrected chi connectivity index (χ2v) is 7.24. The Morgan fingerprint density at radius 3 is 2.59 bits per heavy atom. The van der Waals surface area contributed by atoms with E-state index >= 15 is 0 Å². The SMILES string of the molecule is CCOc1cc(C)ccc1CNC(=NC)NCC(C)(C)N1CCOCC1.I. The van der Waals surface area contributed by atoms with Gasteiger partial charge in [0.25, 0.3) is 0 Å². The number of ether oxygens (including phenoxy) is 2. The number of nitrogens with one attached hydrogen (secondary N) is 2. The van der Waals surface area contributed by atoms with Crippen LogP contribution in [0.1, 0.15) is 31.9 Å². The van der Waals surface area contributed by atoms with E-state index in [1.807, 2.05) is 6.92 Å². The van der Waals surface area contributed by atoms with Gasteiger partial charge < -0.3 is 20.1 Å². The van der Waals surface area contributed by atoms with Crippen molar-refractivity contribution in [2.24, 2.45) is 4.99 Å². The van der Waals surface area contributed by atoms with Gasteiger partial charge in [0.15, 0.2) is 5.96 Å². The quantitative estimate of drug-likeness (QED) is 0.350. The van der Waals surface area contributed by atoms with E-state index < -0.39 is 0 Å². The molecule has 1 aliphatic heterocycles. The fourth-order valence-corrected chi connectivity index (χ4v) is 3.08. The third-order valence-electron chi connectivity index (χ3n) is 4.75. The lowest BCUT2D eigenvalue weighted by molar-refractivity contribution is -0.00834. The van der Waals surface area contributed by atoms with E-state index in [0.29, 0.717) is 13.2 Å². The molecule has 0 aliphatic carbocycles. The number of hydrogen-bond donors (Lipinski definition) is 2. The van der Waals surface area contributed by atoms with Crippen LogP contribution in [0.5, 0.6) is 5.75 Å².